The molecular formula is C23H27N5O2S. The molecule has 1 aliphatic heterocycles. The first-order valence-corrected chi connectivity index (χ1v) is 11.5. The van der Waals surface area contributed by atoms with Crippen LogP contribution in [0.3, 0.4) is 0 Å². The summed E-state index contributed by atoms with van der Waals surface area (Å²) in [6, 6.07) is 1.92. The minimum absolute atomic E-state index is 0.0702. The summed E-state index contributed by atoms with van der Waals surface area (Å²) in [7, 11) is 0. The lowest BCUT2D eigenvalue weighted by Gasteiger charge is -2.36. The first-order valence-electron chi connectivity index (χ1n) is 10.5. The van der Waals surface area contributed by atoms with E-state index in [0.717, 1.165) is 59.6 Å². The van der Waals surface area contributed by atoms with E-state index >= 15 is 0 Å². The Morgan fingerprint density at radius 1 is 1.16 bits per heavy atom. The van der Waals surface area contributed by atoms with Crippen LogP contribution in [0.25, 0.3) is 11.1 Å². The lowest BCUT2D eigenvalue weighted by molar-refractivity contribution is -0.132. The Labute approximate surface area is 186 Å². The monoisotopic (exact) mass is 437 g/mol. The van der Waals surface area contributed by atoms with E-state index in [-0.39, 0.29) is 11.9 Å². The Hall–Kier alpha value is -2.74. The molecule has 1 fully saturated rings. The second-order valence-corrected chi connectivity index (χ2v) is 8.84. The first kappa shape index (κ1) is 21.5. The second-order valence-electron chi connectivity index (χ2n) is 7.92. The van der Waals surface area contributed by atoms with Crippen molar-refractivity contribution in [1.29, 1.82) is 0 Å². The number of rotatable bonds is 5. The Morgan fingerprint density at radius 3 is 2.74 bits per heavy atom. The molecule has 0 radical (unpaired) electrons. The number of pyridine rings is 1. The van der Waals surface area contributed by atoms with Crippen molar-refractivity contribution >= 4 is 17.7 Å². The van der Waals surface area contributed by atoms with E-state index in [2.05, 4.69) is 15.0 Å². The maximum absolute atomic E-state index is 13.2. The van der Waals surface area contributed by atoms with Gasteiger partial charge in [-0.2, -0.15) is 0 Å². The van der Waals surface area contributed by atoms with Crippen LogP contribution in [0.2, 0.25) is 0 Å². The van der Waals surface area contributed by atoms with Crippen molar-refractivity contribution in [2.45, 2.75) is 58.2 Å². The van der Waals surface area contributed by atoms with Crippen LogP contribution in [-0.4, -0.2) is 43.0 Å². The van der Waals surface area contributed by atoms with Crippen LogP contribution >= 0.6 is 11.8 Å². The third kappa shape index (κ3) is 4.63. The Morgan fingerprint density at radius 2 is 2.00 bits per heavy atom. The van der Waals surface area contributed by atoms with Crippen molar-refractivity contribution in [1.82, 2.24) is 24.8 Å². The molecule has 0 N–H and O–H groups in total. The molecule has 3 aromatic rings. The highest BCUT2D eigenvalue weighted by Crippen LogP contribution is 2.37. The number of aromatic nitrogens is 4. The molecule has 31 heavy (non-hydrogen) atoms. The SMILES string of the molecule is Cc1ncc(-c2ccncc2C)c([C@@H]2CCCCN2C(=O)CSc2nc(C)c(C)o2)n1. The molecule has 4 heterocycles. The highest BCUT2D eigenvalue weighted by atomic mass is 32.2. The number of hydrogen-bond acceptors (Lipinski definition) is 7. The van der Waals surface area contributed by atoms with E-state index < -0.39 is 0 Å². The molecule has 0 unspecified atom stereocenters. The van der Waals surface area contributed by atoms with Crippen LogP contribution in [0.4, 0.5) is 0 Å². The van der Waals surface area contributed by atoms with Gasteiger partial charge < -0.3 is 9.32 Å². The van der Waals surface area contributed by atoms with E-state index in [1.165, 1.54) is 11.8 Å². The number of likely N-dealkylation sites (tertiary alicyclic amines) is 1. The van der Waals surface area contributed by atoms with Gasteiger partial charge in [0.1, 0.15) is 11.6 Å². The molecule has 1 aliphatic rings. The number of piperidine rings is 1. The van der Waals surface area contributed by atoms with Gasteiger partial charge in [0.15, 0.2) is 0 Å². The van der Waals surface area contributed by atoms with Gasteiger partial charge in [0, 0.05) is 30.7 Å². The zero-order chi connectivity index (χ0) is 22.0. The molecule has 8 heteroatoms. The van der Waals surface area contributed by atoms with Crippen LogP contribution in [0.5, 0.6) is 0 Å². The predicted octanol–water partition coefficient (Wildman–Crippen LogP) is 4.61. The molecule has 7 nitrogen and oxygen atoms in total. The molecule has 1 saturated heterocycles. The van der Waals surface area contributed by atoms with Crippen molar-refractivity contribution in [2.75, 3.05) is 12.3 Å². The highest BCUT2D eigenvalue weighted by Gasteiger charge is 2.31. The molecule has 0 saturated carbocycles. The van der Waals surface area contributed by atoms with Crippen LogP contribution < -0.4 is 0 Å². The second kappa shape index (κ2) is 9.18. The molecule has 4 rings (SSSR count). The van der Waals surface area contributed by atoms with E-state index in [4.69, 9.17) is 9.40 Å². The van der Waals surface area contributed by atoms with E-state index in [0.29, 0.717) is 16.8 Å². The van der Waals surface area contributed by atoms with Crippen molar-refractivity contribution in [3.63, 3.8) is 0 Å². The van der Waals surface area contributed by atoms with Crippen LogP contribution in [0, 0.1) is 27.7 Å². The highest BCUT2D eigenvalue weighted by molar-refractivity contribution is 7.99. The number of amides is 1. The summed E-state index contributed by atoms with van der Waals surface area (Å²) in [5.41, 5.74) is 4.88. The fourth-order valence-electron chi connectivity index (χ4n) is 3.95. The van der Waals surface area contributed by atoms with Crippen LogP contribution in [0.15, 0.2) is 34.3 Å². The predicted molar refractivity (Wildman–Crippen MR) is 120 cm³/mol. The van der Waals surface area contributed by atoms with Gasteiger partial charge in [0.25, 0.3) is 5.22 Å². The summed E-state index contributed by atoms with van der Waals surface area (Å²) < 4.78 is 5.62. The molecule has 1 atom stereocenters. The third-order valence-corrected chi connectivity index (χ3v) is 6.53. The quantitative estimate of drug-likeness (QED) is 0.539. The number of thioether (sulfide) groups is 1. The van der Waals surface area contributed by atoms with E-state index in [9.17, 15) is 4.79 Å². The summed E-state index contributed by atoms with van der Waals surface area (Å²) in [5.74, 6) is 1.88. The maximum atomic E-state index is 13.2. The number of oxazole rings is 1. The third-order valence-electron chi connectivity index (χ3n) is 5.72. The Balaban J connectivity index is 1.62. The standard InChI is InChI=1S/C23H27N5O2S/c1-14-11-24-9-8-18(14)19-12-25-17(4)27-22(19)20-7-5-6-10-28(20)21(29)13-31-23-26-15(2)16(3)30-23/h8-9,11-12,20H,5-7,10,13H2,1-4H3/t20-/m0/s1. The van der Waals surface area contributed by atoms with Crippen molar-refractivity contribution < 1.29 is 9.21 Å². The van der Waals surface area contributed by atoms with Gasteiger partial charge >= 0.3 is 0 Å². The minimum atomic E-state index is -0.0702. The number of nitrogens with zero attached hydrogens (tertiary/aromatic N) is 5. The molecule has 0 aliphatic carbocycles. The van der Waals surface area contributed by atoms with E-state index in [1.54, 1.807) is 6.20 Å². The average Bonchev–Trinajstić information content (AvgIpc) is 3.10. The molecule has 3 aromatic heterocycles. The van der Waals surface area contributed by atoms with Crippen molar-refractivity contribution in [2.24, 2.45) is 0 Å². The first-order chi connectivity index (χ1) is 14.9. The Bertz CT molecular complexity index is 1080. The topological polar surface area (TPSA) is 85.0 Å². The van der Waals surface area contributed by atoms with Gasteiger partial charge in [0.05, 0.1) is 23.2 Å². The lowest BCUT2D eigenvalue weighted by Crippen LogP contribution is -2.40. The number of carbonyl (C=O) groups is 1. The fraction of sp³-hybridized carbons (Fsp3) is 0.435. The molecule has 1 amide bonds. The molecule has 162 valence electrons. The van der Waals surface area contributed by atoms with Crippen LogP contribution in [0.1, 0.15) is 53.8 Å². The molecule has 0 spiro atoms. The molecular weight excluding hydrogens is 410 g/mol. The fourth-order valence-corrected chi connectivity index (χ4v) is 4.75. The average molecular weight is 438 g/mol. The smallest absolute Gasteiger partial charge is 0.256 e. The van der Waals surface area contributed by atoms with Crippen molar-refractivity contribution in [3.05, 3.63) is 53.2 Å². The van der Waals surface area contributed by atoms with Gasteiger partial charge in [-0.3, -0.25) is 9.78 Å². The normalized spacial score (nSPS) is 16.5. The summed E-state index contributed by atoms with van der Waals surface area (Å²) in [5, 5.41) is 0.544. The Kier molecular flexibility index (Phi) is 6.36. The summed E-state index contributed by atoms with van der Waals surface area (Å²) >= 11 is 1.35. The number of hydrogen-bond donors (Lipinski definition) is 0. The van der Waals surface area contributed by atoms with Gasteiger partial charge in [-0.15, -0.1) is 0 Å². The van der Waals surface area contributed by atoms with Gasteiger partial charge in [-0.05, 0) is 64.2 Å². The molecule has 0 bridgehead atoms. The lowest BCUT2D eigenvalue weighted by atomic mass is 9.93. The molecule has 0 aromatic carbocycles. The summed E-state index contributed by atoms with van der Waals surface area (Å²) in [6.07, 6.45) is 8.47. The van der Waals surface area contributed by atoms with Gasteiger partial charge in [0.2, 0.25) is 5.91 Å². The number of aryl methyl sites for hydroxylation is 4. The van der Waals surface area contributed by atoms with Crippen LogP contribution in [-0.2, 0) is 4.79 Å². The van der Waals surface area contributed by atoms with Gasteiger partial charge in [-0.1, -0.05) is 11.8 Å². The maximum Gasteiger partial charge on any atom is 0.256 e. The zero-order valence-electron chi connectivity index (χ0n) is 18.4. The van der Waals surface area contributed by atoms with Gasteiger partial charge in [-0.25, -0.2) is 15.0 Å². The number of carbonyl (C=O) groups excluding carboxylic acids is 1. The van der Waals surface area contributed by atoms with E-state index in [1.807, 2.05) is 51.1 Å². The largest absolute Gasteiger partial charge is 0.437 e. The zero-order valence-corrected chi connectivity index (χ0v) is 19.2. The summed E-state index contributed by atoms with van der Waals surface area (Å²) in [6.45, 7) is 8.45. The minimum Gasteiger partial charge on any atom is -0.437 e. The van der Waals surface area contributed by atoms with Crippen molar-refractivity contribution in [3.8, 4) is 11.1 Å². The summed E-state index contributed by atoms with van der Waals surface area (Å²) in [4.78, 5) is 33.1.